The highest BCUT2D eigenvalue weighted by atomic mass is 32.2. The summed E-state index contributed by atoms with van der Waals surface area (Å²) in [7, 11) is -3.83. The average molecular weight is 312 g/mol. The molecule has 6 heteroatoms. The molecule has 0 fully saturated rings. The lowest BCUT2D eigenvalue weighted by atomic mass is 9.97. The first-order valence-corrected chi connectivity index (χ1v) is 8.49. The van der Waals surface area contributed by atoms with E-state index in [2.05, 4.69) is 5.32 Å². The molecule has 0 aliphatic carbocycles. The molecule has 0 saturated heterocycles. The van der Waals surface area contributed by atoms with E-state index in [-0.39, 0.29) is 16.3 Å². The van der Waals surface area contributed by atoms with E-state index in [0.717, 1.165) is 24.0 Å². The minimum absolute atomic E-state index is 0.0379. The zero-order valence-corrected chi connectivity index (χ0v) is 14.1. The van der Waals surface area contributed by atoms with E-state index in [4.69, 9.17) is 5.14 Å². The molecule has 0 aliphatic rings. The Kier molecular flexibility index (Phi) is 5.17. The molecule has 0 atom stereocenters. The molecule has 0 radical (unpaired) electrons. The molecule has 0 aromatic heterocycles. The fraction of sp³-hybridized carbons (Fsp3) is 0.533. The average Bonchev–Trinajstić information content (AvgIpc) is 2.29. The van der Waals surface area contributed by atoms with Crippen LogP contribution in [0.5, 0.6) is 0 Å². The summed E-state index contributed by atoms with van der Waals surface area (Å²) in [5, 5.41) is 8.11. The van der Waals surface area contributed by atoms with E-state index in [1.54, 1.807) is 13.8 Å². The fourth-order valence-electron chi connectivity index (χ4n) is 2.29. The summed E-state index contributed by atoms with van der Waals surface area (Å²) in [5.74, 6) is -0.278. The van der Waals surface area contributed by atoms with Crippen molar-refractivity contribution in [1.29, 1.82) is 0 Å². The van der Waals surface area contributed by atoms with Crippen LogP contribution < -0.4 is 10.5 Å². The monoisotopic (exact) mass is 312 g/mol. The minimum atomic E-state index is -3.83. The third-order valence-corrected chi connectivity index (χ3v) is 4.43. The van der Waals surface area contributed by atoms with E-state index in [0.29, 0.717) is 5.56 Å². The summed E-state index contributed by atoms with van der Waals surface area (Å²) in [5.41, 5.74) is 1.49. The summed E-state index contributed by atoms with van der Waals surface area (Å²) in [6, 6.07) is 2.83. The molecule has 118 valence electrons. The first kappa shape index (κ1) is 17.7. The van der Waals surface area contributed by atoms with Gasteiger partial charge >= 0.3 is 0 Å². The van der Waals surface area contributed by atoms with Crippen molar-refractivity contribution in [3.8, 4) is 0 Å². The van der Waals surface area contributed by atoms with Crippen molar-refractivity contribution in [1.82, 2.24) is 5.32 Å². The van der Waals surface area contributed by atoms with Gasteiger partial charge in [0.15, 0.2) is 0 Å². The maximum atomic E-state index is 12.4. The van der Waals surface area contributed by atoms with Crippen LogP contribution in [0.15, 0.2) is 17.0 Å². The van der Waals surface area contributed by atoms with Gasteiger partial charge in [0, 0.05) is 11.1 Å². The molecular weight excluding hydrogens is 288 g/mol. The van der Waals surface area contributed by atoms with Gasteiger partial charge in [-0.15, -0.1) is 0 Å². The normalized spacial score (nSPS) is 12.3. The zero-order valence-electron chi connectivity index (χ0n) is 13.3. The summed E-state index contributed by atoms with van der Waals surface area (Å²) in [4.78, 5) is 12.4. The van der Waals surface area contributed by atoms with E-state index in [1.165, 1.54) is 12.1 Å². The molecule has 0 spiro atoms. The van der Waals surface area contributed by atoms with E-state index in [1.807, 2.05) is 20.8 Å². The molecule has 0 aliphatic heterocycles. The van der Waals surface area contributed by atoms with Gasteiger partial charge < -0.3 is 5.32 Å². The smallest absolute Gasteiger partial charge is 0.252 e. The number of nitrogens with one attached hydrogen (secondary N) is 1. The van der Waals surface area contributed by atoms with Crippen molar-refractivity contribution in [2.45, 2.75) is 57.9 Å². The van der Waals surface area contributed by atoms with Crippen LogP contribution >= 0.6 is 0 Å². The Morgan fingerprint density at radius 3 is 2.33 bits per heavy atom. The predicted molar refractivity (Wildman–Crippen MR) is 83.7 cm³/mol. The van der Waals surface area contributed by atoms with Crippen LogP contribution in [0.4, 0.5) is 0 Å². The van der Waals surface area contributed by atoms with Crippen molar-refractivity contribution in [2.24, 2.45) is 5.14 Å². The van der Waals surface area contributed by atoms with Crippen LogP contribution in [0, 0.1) is 13.8 Å². The standard InChI is InChI=1S/C15H24N2O3S/c1-6-7-15(4,5)17-14(18)13-9-12(21(16,19)20)8-10(2)11(13)3/h8-9H,6-7H2,1-5H3,(H,17,18)(H2,16,19,20). The maximum Gasteiger partial charge on any atom is 0.252 e. The van der Waals surface area contributed by atoms with Gasteiger partial charge in [-0.1, -0.05) is 13.3 Å². The topological polar surface area (TPSA) is 89.3 Å². The van der Waals surface area contributed by atoms with Gasteiger partial charge in [0.2, 0.25) is 10.0 Å². The number of carbonyl (C=O) groups is 1. The number of primary sulfonamides is 1. The molecular formula is C15H24N2O3S. The number of aryl methyl sites for hydroxylation is 1. The molecule has 1 aromatic carbocycles. The van der Waals surface area contributed by atoms with Crippen molar-refractivity contribution in [3.05, 3.63) is 28.8 Å². The Morgan fingerprint density at radius 2 is 1.86 bits per heavy atom. The maximum absolute atomic E-state index is 12.4. The number of hydrogen-bond acceptors (Lipinski definition) is 3. The summed E-state index contributed by atoms with van der Waals surface area (Å²) in [6.07, 6.45) is 1.79. The molecule has 0 saturated carbocycles. The van der Waals surface area contributed by atoms with Crippen LogP contribution in [0.1, 0.15) is 55.1 Å². The number of benzene rings is 1. The number of sulfonamides is 1. The van der Waals surface area contributed by atoms with Gasteiger partial charge in [0.05, 0.1) is 4.90 Å². The predicted octanol–water partition coefficient (Wildman–Crippen LogP) is 2.26. The first-order chi connectivity index (χ1) is 9.48. The third-order valence-electron chi connectivity index (χ3n) is 3.54. The third kappa shape index (κ3) is 4.54. The van der Waals surface area contributed by atoms with Crippen molar-refractivity contribution >= 4 is 15.9 Å². The Labute approximate surface area is 127 Å². The molecule has 0 bridgehead atoms. The lowest BCUT2D eigenvalue weighted by Crippen LogP contribution is -2.43. The van der Waals surface area contributed by atoms with E-state index in [9.17, 15) is 13.2 Å². The number of amides is 1. The largest absolute Gasteiger partial charge is 0.347 e. The van der Waals surface area contributed by atoms with Crippen LogP contribution in [0.25, 0.3) is 0 Å². The van der Waals surface area contributed by atoms with E-state index < -0.39 is 10.0 Å². The highest BCUT2D eigenvalue weighted by Gasteiger charge is 2.23. The molecule has 21 heavy (non-hydrogen) atoms. The SMILES string of the molecule is CCCC(C)(C)NC(=O)c1cc(S(N)(=O)=O)cc(C)c1C. The van der Waals surface area contributed by atoms with E-state index >= 15 is 0 Å². The van der Waals surface area contributed by atoms with Crippen molar-refractivity contribution < 1.29 is 13.2 Å². The van der Waals surface area contributed by atoms with Gasteiger partial charge in [-0.25, -0.2) is 13.6 Å². The quantitative estimate of drug-likeness (QED) is 0.874. The zero-order chi connectivity index (χ0) is 16.4. The van der Waals surface area contributed by atoms with Gasteiger partial charge in [0.25, 0.3) is 5.91 Å². The number of rotatable bonds is 5. The number of hydrogen-bond donors (Lipinski definition) is 2. The van der Waals surface area contributed by atoms with Crippen molar-refractivity contribution in [2.75, 3.05) is 0 Å². The van der Waals surface area contributed by atoms with Crippen molar-refractivity contribution in [3.63, 3.8) is 0 Å². The molecule has 1 amide bonds. The van der Waals surface area contributed by atoms with Crippen LogP contribution in [-0.2, 0) is 10.0 Å². The lowest BCUT2D eigenvalue weighted by Gasteiger charge is -2.26. The summed E-state index contributed by atoms with van der Waals surface area (Å²) >= 11 is 0. The van der Waals surface area contributed by atoms with Gasteiger partial charge in [-0.3, -0.25) is 4.79 Å². The second kappa shape index (κ2) is 6.15. The summed E-state index contributed by atoms with van der Waals surface area (Å²) in [6.45, 7) is 9.49. The Morgan fingerprint density at radius 1 is 1.29 bits per heavy atom. The number of nitrogens with two attached hydrogens (primary N) is 1. The van der Waals surface area contributed by atoms with Gasteiger partial charge in [-0.05, 0) is 57.4 Å². The Bertz CT molecular complexity index is 649. The number of carbonyl (C=O) groups excluding carboxylic acids is 1. The Balaban J connectivity index is 3.24. The second-order valence-electron chi connectivity index (χ2n) is 6.05. The van der Waals surface area contributed by atoms with Gasteiger partial charge in [0.1, 0.15) is 0 Å². The molecule has 0 heterocycles. The van der Waals surface area contributed by atoms with Crippen LogP contribution in [0.3, 0.4) is 0 Å². The van der Waals surface area contributed by atoms with Crippen LogP contribution in [-0.4, -0.2) is 19.9 Å². The molecule has 1 rings (SSSR count). The van der Waals surface area contributed by atoms with Crippen LogP contribution in [0.2, 0.25) is 0 Å². The Hall–Kier alpha value is -1.40. The minimum Gasteiger partial charge on any atom is -0.347 e. The molecule has 0 unspecified atom stereocenters. The highest BCUT2D eigenvalue weighted by Crippen LogP contribution is 2.20. The van der Waals surface area contributed by atoms with Gasteiger partial charge in [-0.2, -0.15) is 0 Å². The second-order valence-corrected chi connectivity index (χ2v) is 7.61. The molecule has 3 N–H and O–H groups in total. The summed E-state index contributed by atoms with van der Waals surface area (Å²) < 4.78 is 23.0. The fourth-order valence-corrected chi connectivity index (χ4v) is 2.91. The first-order valence-electron chi connectivity index (χ1n) is 6.94. The molecule has 5 nitrogen and oxygen atoms in total. The highest BCUT2D eigenvalue weighted by molar-refractivity contribution is 7.89. The molecule has 1 aromatic rings. The lowest BCUT2D eigenvalue weighted by molar-refractivity contribution is 0.0908.